The van der Waals surface area contributed by atoms with Crippen molar-refractivity contribution < 1.29 is 13.2 Å². The first kappa shape index (κ1) is 15.0. The normalized spacial score (nSPS) is 11.1. The van der Waals surface area contributed by atoms with Gasteiger partial charge in [0, 0.05) is 5.69 Å². The van der Waals surface area contributed by atoms with Crippen molar-refractivity contribution in [3.8, 4) is 0 Å². The minimum atomic E-state index is -3.24. The van der Waals surface area contributed by atoms with Crippen LogP contribution in [0.5, 0.6) is 0 Å². The number of hydrogen-bond donors (Lipinski definition) is 2. The topological polar surface area (TPSA) is 102 Å². The molecule has 0 fully saturated rings. The molecule has 2 aromatic rings. The van der Waals surface area contributed by atoms with Crippen molar-refractivity contribution in [1.29, 1.82) is 0 Å². The number of carbonyl (C=O) groups excluding carboxylic acids is 1. The third kappa shape index (κ3) is 3.57. The fourth-order valence-electron chi connectivity index (χ4n) is 1.65. The third-order valence-corrected chi connectivity index (χ3v) is 4.62. The lowest BCUT2D eigenvalue weighted by molar-refractivity contribution is 0.102. The Bertz CT molecular complexity index is 738. The summed E-state index contributed by atoms with van der Waals surface area (Å²) < 4.78 is 23.4. The molecule has 110 valence electrons. The van der Waals surface area contributed by atoms with Gasteiger partial charge in [0.1, 0.15) is 5.69 Å². The number of nitrogens with two attached hydrogens (primary N) is 1. The minimum Gasteiger partial charge on any atom is -0.397 e. The molecule has 0 radical (unpaired) electrons. The Morgan fingerprint density at radius 1 is 1.19 bits per heavy atom. The van der Waals surface area contributed by atoms with Crippen LogP contribution in [0, 0.1) is 0 Å². The standard InChI is InChI=1S/C14H15N3O3S/c1-2-21(19,20)12-6-4-11(5-7-12)17-14(18)13-8-3-10(15)9-16-13/h3-9H,2,15H2,1H3,(H,17,18). The predicted octanol–water partition coefficient (Wildman–Crippen LogP) is 1.71. The van der Waals surface area contributed by atoms with E-state index in [0.29, 0.717) is 11.4 Å². The molecule has 0 aliphatic heterocycles. The molecule has 0 aliphatic carbocycles. The van der Waals surface area contributed by atoms with Gasteiger partial charge in [-0.05, 0) is 36.4 Å². The fourth-order valence-corrected chi connectivity index (χ4v) is 2.53. The Morgan fingerprint density at radius 3 is 2.38 bits per heavy atom. The third-order valence-electron chi connectivity index (χ3n) is 2.87. The SMILES string of the molecule is CCS(=O)(=O)c1ccc(NC(=O)c2ccc(N)cn2)cc1. The molecule has 1 amide bonds. The van der Waals surface area contributed by atoms with Gasteiger partial charge < -0.3 is 11.1 Å². The van der Waals surface area contributed by atoms with Crippen molar-refractivity contribution >= 4 is 27.1 Å². The number of pyridine rings is 1. The number of carbonyl (C=O) groups is 1. The Labute approximate surface area is 122 Å². The molecule has 1 aromatic heterocycles. The van der Waals surface area contributed by atoms with Gasteiger partial charge in [-0.3, -0.25) is 4.79 Å². The van der Waals surface area contributed by atoms with Crippen LogP contribution in [0.3, 0.4) is 0 Å². The van der Waals surface area contributed by atoms with Gasteiger partial charge in [-0.2, -0.15) is 0 Å². The summed E-state index contributed by atoms with van der Waals surface area (Å²) >= 11 is 0. The highest BCUT2D eigenvalue weighted by Gasteiger charge is 2.12. The number of sulfone groups is 1. The molecule has 0 bridgehead atoms. The van der Waals surface area contributed by atoms with E-state index in [-0.39, 0.29) is 22.2 Å². The van der Waals surface area contributed by atoms with Crippen LogP contribution in [-0.2, 0) is 9.84 Å². The molecule has 1 heterocycles. The van der Waals surface area contributed by atoms with Crippen molar-refractivity contribution in [2.45, 2.75) is 11.8 Å². The molecule has 0 saturated carbocycles. The van der Waals surface area contributed by atoms with E-state index in [1.165, 1.54) is 36.5 Å². The smallest absolute Gasteiger partial charge is 0.274 e. The van der Waals surface area contributed by atoms with Crippen LogP contribution in [0.15, 0.2) is 47.5 Å². The van der Waals surface area contributed by atoms with E-state index < -0.39 is 9.84 Å². The Balaban J connectivity index is 2.13. The largest absolute Gasteiger partial charge is 0.397 e. The van der Waals surface area contributed by atoms with Crippen LogP contribution in [0.4, 0.5) is 11.4 Å². The Morgan fingerprint density at radius 2 is 1.86 bits per heavy atom. The molecule has 2 rings (SSSR count). The van der Waals surface area contributed by atoms with Crippen molar-refractivity contribution in [2.75, 3.05) is 16.8 Å². The van der Waals surface area contributed by atoms with E-state index >= 15 is 0 Å². The second kappa shape index (κ2) is 5.92. The van der Waals surface area contributed by atoms with E-state index in [9.17, 15) is 13.2 Å². The maximum Gasteiger partial charge on any atom is 0.274 e. The molecular formula is C14H15N3O3S. The van der Waals surface area contributed by atoms with E-state index in [4.69, 9.17) is 5.73 Å². The van der Waals surface area contributed by atoms with Crippen LogP contribution in [0.25, 0.3) is 0 Å². The zero-order valence-electron chi connectivity index (χ0n) is 11.4. The summed E-state index contributed by atoms with van der Waals surface area (Å²) in [4.78, 5) is 16.1. The molecule has 0 unspecified atom stereocenters. The lowest BCUT2D eigenvalue weighted by atomic mass is 10.3. The molecule has 0 atom stereocenters. The Kier molecular flexibility index (Phi) is 4.23. The number of rotatable bonds is 4. The van der Waals surface area contributed by atoms with Crippen molar-refractivity contribution in [1.82, 2.24) is 4.98 Å². The number of nitrogen functional groups attached to an aromatic ring is 1. The van der Waals surface area contributed by atoms with Gasteiger partial charge in [-0.15, -0.1) is 0 Å². The van der Waals surface area contributed by atoms with E-state index in [1.54, 1.807) is 13.0 Å². The van der Waals surface area contributed by atoms with Crippen molar-refractivity contribution in [3.63, 3.8) is 0 Å². The quantitative estimate of drug-likeness (QED) is 0.895. The number of benzene rings is 1. The van der Waals surface area contributed by atoms with Gasteiger partial charge in [0.15, 0.2) is 9.84 Å². The van der Waals surface area contributed by atoms with Gasteiger partial charge in [-0.25, -0.2) is 13.4 Å². The molecular weight excluding hydrogens is 290 g/mol. The molecule has 3 N–H and O–H groups in total. The lowest BCUT2D eigenvalue weighted by Gasteiger charge is -2.06. The maximum absolute atomic E-state index is 11.9. The fraction of sp³-hybridized carbons (Fsp3) is 0.143. The van der Waals surface area contributed by atoms with Crippen molar-refractivity contribution in [3.05, 3.63) is 48.3 Å². The number of aromatic nitrogens is 1. The highest BCUT2D eigenvalue weighted by Crippen LogP contribution is 2.16. The highest BCUT2D eigenvalue weighted by molar-refractivity contribution is 7.91. The predicted molar refractivity (Wildman–Crippen MR) is 80.8 cm³/mol. The summed E-state index contributed by atoms with van der Waals surface area (Å²) in [6.07, 6.45) is 1.39. The highest BCUT2D eigenvalue weighted by atomic mass is 32.2. The van der Waals surface area contributed by atoms with Crippen LogP contribution in [-0.4, -0.2) is 25.1 Å². The average molecular weight is 305 g/mol. The number of amides is 1. The number of nitrogens with one attached hydrogen (secondary N) is 1. The second-order valence-corrected chi connectivity index (χ2v) is 6.64. The Hall–Kier alpha value is -2.41. The molecule has 1 aromatic carbocycles. The summed E-state index contributed by atoms with van der Waals surface area (Å²) in [7, 11) is -3.24. The zero-order valence-corrected chi connectivity index (χ0v) is 12.2. The van der Waals surface area contributed by atoms with E-state index in [1.807, 2.05) is 0 Å². The molecule has 0 aliphatic rings. The minimum absolute atomic E-state index is 0.0358. The summed E-state index contributed by atoms with van der Waals surface area (Å²) in [6, 6.07) is 9.10. The average Bonchev–Trinajstić information content (AvgIpc) is 2.48. The van der Waals surface area contributed by atoms with Gasteiger partial charge in [0.05, 0.1) is 22.5 Å². The molecule has 21 heavy (non-hydrogen) atoms. The van der Waals surface area contributed by atoms with Gasteiger partial charge in [-0.1, -0.05) is 6.92 Å². The monoisotopic (exact) mass is 305 g/mol. The van der Waals surface area contributed by atoms with E-state index in [0.717, 1.165) is 0 Å². The van der Waals surface area contributed by atoms with Gasteiger partial charge in [0.25, 0.3) is 5.91 Å². The van der Waals surface area contributed by atoms with Gasteiger partial charge >= 0.3 is 0 Å². The summed E-state index contributed by atoms with van der Waals surface area (Å²) in [6.45, 7) is 1.58. The molecule has 7 heteroatoms. The van der Waals surface area contributed by atoms with Gasteiger partial charge in [0.2, 0.25) is 0 Å². The molecule has 6 nitrogen and oxygen atoms in total. The van der Waals surface area contributed by atoms with E-state index in [2.05, 4.69) is 10.3 Å². The number of anilines is 2. The maximum atomic E-state index is 11.9. The number of hydrogen-bond acceptors (Lipinski definition) is 5. The van der Waals surface area contributed by atoms with Crippen LogP contribution in [0.1, 0.15) is 17.4 Å². The molecule has 0 saturated heterocycles. The van der Waals surface area contributed by atoms with Crippen LogP contribution < -0.4 is 11.1 Å². The summed E-state index contributed by atoms with van der Waals surface area (Å²) in [5.41, 5.74) is 6.70. The first-order chi connectivity index (χ1) is 9.92. The van der Waals surface area contributed by atoms with Crippen molar-refractivity contribution in [2.24, 2.45) is 0 Å². The zero-order chi connectivity index (χ0) is 15.5. The summed E-state index contributed by atoms with van der Waals surface area (Å²) in [5.74, 6) is -0.352. The lowest BCUT2D eigenvalue weighted by Crippen LogP contribution is -2.13. The number of nitrogens with zero attached hydrogens (tertiary/aromatic N) is 1. The first-order valence-electron chi connectivity index (χ1n) is 6.28. The molecule has 0 spiro atoms. The van der Waals surface area contributed by atoms with Crippen LogP contribution in [0.2, 0.25) is 0 Å². The summed E-state index contributed by atoms with van der Waals surface area (Å²) in [5, 5.41) is 2.64. The second-order valence-electron chi connectivity index (χ2n) is 4.36. The first-order valence-corrected chi connectivity index (χ1v) is 7.93. The van der Waals surface area contributed by atoms with Crippen LogP contribution >= 0.6 is 0 Å².